The molecule has 1 aromatic carbocycles. The van der Waals surface area contributed by atoms with Crippen molar-refractivity contribution in [3.8, 4) is 0 Å². The fourth-order valence-corrected chi connectivity index (χ4v) is 2.62. The number of esters is 1. The minimum Gasteiger partial charge on any atom is -0.447 e. The number of halogens is 1. The first kappa shape index (κ1) is 15.9. The van der Waals surface area contributed by atoms with Crippen molar-refractivity contribution in [3.63, 3.8) is 0 Å². The van der Waals surface area contributed by atoms with E-state index >= 15 is 0 Å². The van der Waals surface area contributed by atoms with Crippen molar-refractivity contribution in [1.29, 1.82) is 0 Å². The molecule has 0 amide bonds. The Morgan fingerprint density at radius 2 is 2.04 bits per heavy atom. The summed E-state index contributed by atoms with van der Waals surface area (Å²) < 4.78 is 21.0. The molecule has 0 unspecified atom stereocenters. The molecular weight excluding hydrogens is 335 g/mol. The summed E-state index contributed by atoms with van der Waals surface area (Å²) in [5, 5.41) is 7.67. The number of aromatic nitrogens is 4. The van der Waals surface area contributed by atoms with Crippen molar-refractivity contribution < 1.29 is 13.9 Å². The first-order valence-corrected chi connectivity index (χ1v) is 7.87. The highest BCUT2D eigenvalue weighted by Crippen LogP contribution is 2.26. The topological polar surface area (TPSA) is 69.4 Å². The van der Waals surface area contributed by atoms with E-state index in [0.29, 0.717) is 22.5 Å². The first-order chi connectivity index (χ1) is 12.7. The highest BCUT2D eigenvalue weighted by molar-refractivity contribution is 5.89. The van der Waals surface area contributed by atoms with E-state index in [2.05, 4.69) is 15.2 Å². The van der Waals surface area contributed by atoms with E-state index in [-0.39, 0.29) is 0 Å². The lowest BCUT2D eigenvalue weighted by atomic mass is 10.1. The Balaban J connectivity index is 1.68. The maximum absolute atomic E-state index is 13.7. The van der Waals surface area contributed by atoms with E-state index in [1.807, 2.05) is 0 Å². The third kappa shape index (κ3) is 3.14. The molecule has 1 atom stereocenters. The zero-order valence-electron chi connectivity index (χ0n) is 13.5. The van der Waals surface area contributed by atoms with Gasteiger partial charge >= 0.3 is 5.97 Å². The van der Waals surface area contributed by atoms with Gasteiger partial charge in [0.1, 0.15) is 12.1 Å². The summed E-state index contributed by atoms with van der Waals surface area (Å²) in [6, 6.07) is 14.5. The number of nitrogens with zero attached hydrogens (tertiary/aromatic N) is 4. The van der Waals surface area contributed by atoms with Gasteiger partial charge in [-0.05, 0) is 36.4 Å². The molecule has 3 aromatic heterocycles. The lowest BCUT2D eigenvalue weighted by molar-refractivity contribution is 0.0369. The van der Waals surface area contributed by atoms with Gasteiger partial charge < -0.3 is 4.74 Å². The standard InChI is InChI=1S/C19H13FN4O2/c20-15-5-3-4-13(10-15)18(16-6-1-2-9-21-16)26-19(25)14-7-8-17-23-22-12-24(17)11-14/h1-12,18H/t18-/m1/s1. The van der Waals surface area contributed by atoms with Crippen LogP contribution < -0.4 is 0 Å². The normalized spacial score (nSPS) is 12.0. The van der Waals surface area contributed by atoms with Gasteiger partial charge in [-0.25, -0.2) is 9.18 Å². The number of pyridine rings is 2. The number of carbonyl (C=O) groups excluding carboxylic acids is 1. The SMILES string of the molecule is O=C(O[C@H](c1cccc(F)c1)c1ccccn1)c1ccc2nncn2c1. The molecule has 128 valence electrons. The molecule has 0 spiro atoms. The molecule has 0 aliphatic carbocycles. The lowest BCUT2D eigenvalue weighted by Crippen LogP contribution is -2.14. The summed E-state index contributed by atoms with van der Waals surface area (Å²) in [5.74, 6) is -0.967. The molecule has 0 radical (unpaired) electrons. The van der Waals surface area contributed by atoms with Crippen molar-refractivity contribution >= 4 is 11.6 Å². The zero-order valence-corrected chi connectivity index (χ0v) is 13.5. The maximum Gasteiger partial charge on any atom is 0.340 e. The fraction of sp³-hybridized carbons (Fsp3) is 0.0526. The number of carbonyl (C=O) groups is 1. The predicted molar refractivity (Wildman–Crippen MR) is 90.9 cm³/mol. The van der Waals surface area contributed by atoms with E-state index in [4.69, 9.17) is 4.74 Å². The highest BCUT2D eigenvalue weighted by Gasteiger charge is 2.22. The Hall–Kier alpha value is -3.61. The molecule has 26 heavy (non-hydrogen) atoms. The third-order valence-corrected chi connectivity index (χ3v) is 3.86. The fourth-order valence-electron chi connectivity index (χ4n) is 2.62. The van der Waals surface area contributed by atoms with Crippen LogP contribution in [-0.4, -0.2) is 25.6 Å². The molecule has 4 rings (SSSR count). The van der Waals surface area contributed by atoms with Crippen LogP contribution >= 0.6 is 0 Å². The van der Waals surface area contributed by atoms with E-state index in [1.54, 1.807) is 59.3 Å². The van der Waals surface area contributed by atoms with Crippen molar-refractivity contribution in [3.05, 3.63) is 96.0 Å². The summed E-state index contributed by atoms with van der Waals surface area (Å²) >= 11 is 0. The van der Waals surface area contributed by atoms with Gasteiger partial charge in [-0.3, -0.25) is 9.38 Å². The van der Waals surface area contributed by atoms with Crippen LogP contribution in [0.3, 0.4) is 0 Å². The number of rotatable bonds is 4. The first-order valence-electron chi connectivity index (χ1n) is 7.87. The van der Waals surface area contributed by atoms with E-state index in [9.17, 15) is 9.18 Å². The molecule has 6 nitrogen and oxygen atoms in total. The van der Waals surface area contributed by atoms with E-state index < -0.39 is 17.9 Å². The predicted octanol–water partition coefficient (Wildman–Crippen LogP) is 3.21. The van der Waals surface area contributed by atoms with Crippen LogP contribution in [-0.2, 0) is 4.74 Å². The zero-order chi connectivity index (χ0) is 17.9. The van der Waals surface area contributed by atoms with Crippen LogP contribution in [0.5, 0.6) is 0 Å². The minimum absolute atomic E-state index is 0.328. The van der Waals surface area contributed by atoms with Crippen molar-refractivity contribution in [1.82, 2.24) is 19.6 Å². The van der Waals surface area contributed by atoms with Crippen LogP contribution in [0, 0.1) is 5.82 Å². The average Bonchev–Trinajstić information content (AvgIpc) is 3.14. The molecule has 0 saturated heterocycles. The molecule has 0 fully saturated rings. The second kappa shape index (κ2) is 6.72. The Labute approximate surface area is 147 Å². The second-order valence-corrected chi connectivity index (χ2v) is 5.61. The Bertz CT molecular complexity index is 1070. The Kier molecular flexibility index (Phi) is 4.10. The quantitative estimate of drug-likeness (QED) is 0.530. The monoisotopic (exact) mass is 348 g/mol. The number of hydrogen-bond donors (Lipinski definition) is 0. The van der Waals surface area contributed by atoms with Crippen LogP contribution in [0.2, 0.25) is 0 Å². The second-order valence-electron chi connectivity index (χ2n) is 5.61. The number of hydrogen-bond acceptors (Lipinski definition) is 5. The summed E-state index contributed by atoms with van der Waals surface area (Å²) in [6.07, 6.45) is 3.85. The smallest absolute Gasteiger partial charge is 0.340 e. The summed E-state index contributed by atoms with van der Waals surface area (Å²) in [4.78, 5) is 16.9. The van der Waals surface area contributed by atoms with Gasteiger partial charge in [-0.15, -0.1) is 10.2 Å². The van der Waals surface area contributed by atoms with Gasteiger partial charge in [0.2, 0.25) is 0 Å². The molecule has 0 aliphatic heterocycles. The van der Waals surface area contributed by atoms with Crippen LogP contribution in [0.15, 0.2) is 73.3 Å². The van der Waals surface area contributed by atoms with Crippen molar-refractivity contribution in [2.24, 2.45) is 0 Å². The summed E-state index contributed by atoms with van der Waals surface area (Å²) in [5.41, 5.74) is 1.96. The minimum atomic E-state index is -0.823. The van der Waals surface area contributed by atoms with Crippen molar-refractivity contribution in [2.45, 2.75) is 6.10 Å². The molecule has 0 N–H and O–H groups in total. The largest absolute Gasteiger partial charge is 0.447 e. The maximum atomic E-state index is 13.7. The van der Waals surface area contributed by atoms with Gasteiger partial charge in [0.15, 0.2) is 11.8 Å². The Morgan fingerprint density at radius 3 is 2.85 bits per heavy atom. The highest BCUT2D eigenvalue weighted by atomic mass is 19.1. The van der Waals surface area contributed by atoms with E-state index in [1.165, 1.54) is 18.5 Å². The number of benzene rings is 1. The molecule has 3 heterocycles. The van der Waals surface area contributed by atoms with Gasteiger partial charge in [0.25, 0.3) is 0 Å². The van der Waals surface area contributed by atoms with Gasteiger partial charge in [0, 0.05) is 18.0 Å². The van der Waals surface area contributed by atoms with Gasteiger partial charge in [-0.1, -0.05) is 18.2 Å². The number of fused-ring (bicyclic) bond motifs is 1. The van der Waals surface area contributed by atoms with E-state index in [0.717, 1.165) is 0 Å². The molecule has 4 aromatic rings. The number of ether oxygens (including phenoxy) is 1. The lowest BCUT2D eigenvalue weighted by Gasteiger charge is -2.18. The van der Waals surface area contributed by atoms with Crippen LogP contribution in [0.1, 0.15) is 27.7 Å². The molecule has 7 heteroatoms. The van der Waals surface area contributed by atoms with Crippen molar-refractivity contribution in [2.75, 3.05) is 0 Å². The third-order valence-electron chi connectivity index (χ3n) is 3.86. The summed E-state index contributed by atoms with van der Waals surface area (Å²) in [6.45, 7) is 0. The van der Waals surface area contributed by atoms with Gasteiger partial charge in [-0.2, -0.15) is 0 Å². The molecule has 0 saturated carbocycles. The average molecular weight is 348 g/mol. The van der Waals surface area contributed by atoms with Crippen LogP contribution in [0.25, 0.3) is 5.65 Å². The molecular formula is C19H13FN4O2. The summed E-state index contributed by atoms with van der Waals surface area (Å²) in [7, 11) is 0. The molecule has 0 aliphatic rings. The van der Waals surface area contributed by atoms with Crippen LogP contribution in [0.4, 0.5) is 4.39 Å². The Morgan fingerprint density at radius 1 is 1.12 bits per heavy atom. The molecule has 0 bridgehead atoms. The van der Waals surface area contributed by atoms with Gasteiger partial charge in [0.05, 0.1) is 11.3 Å².